The Balaban J connectivity index is 2.06. The summed E-state index contributed by atoms with van der Waals surface area (Å²) in [6.07, 6.45) is 7.19. The SMILES string of the molecule is CNC(c1ccco1)C1CCCC(C)C1. The maximum Gasteiger partial charge on any atom is 0.120 e. The molecule has 2 nitrogen and oxygen atoms in total. The standard InChI is InChI=1S/C13H21NO/c1-10-5-3-6-11(9-10)13(14-2)12-7-4-8-15-12/h4,7-8,10-11,13-14H,3,5-6,9H2,1-2H3. The van der Waals surface area contributed by atoms with Crippen molar-refractivity contribution < 1.29 is 4.42 Å². The van der Waals surface area contributed by atoms with E-state index in [4.69, 9.17) is 4.42 Å². The number of rotatable bonds is 3. The first-order valence-electron chi connectivity index (χ1n) is 6.02. The van der Waals surface area contributed by atoms with Gasteiger partial charge in [0.1, 0.15) is 5.76 Å². The highest BCUT2D eigenvalue weighted by atomic mass is 16.3. The molecule has 0 spiro atoms. The molecule has 0 aliphatic heterocycles. The number of nitrogens with one attached hydrogen (secondary N) is 1. The van der Waals surface area contributed by atoms with Gasteiger partial charge in [0.2, 0.25) is 0 Å². The van der Waals surface area contributed by atoms with Gasteiger partial charge in [0, 0.05) is 0 Å². The van der Waals surface area contributed by atoms with Crippen LogP contribution < -0.4 is 5.32 Å². The van der Waals surface area contributed by atoms with Crippen LogP contribution in [0.1, 0.15) is 44.4 Å². The van der Waals surface area contributed by atoms with Gasteiger partial charge in [-0.2, -0.15) is 0 Å². The van der Waals surface area contributed by atoms with Gasteiger partial charge in [-0.3, -0.25) is 0 Å². The number of hydrogen-bond acceptors (Lipinski definition) is 2. The van der Waals surface area contributed by atoms with E-state index in [0.717, 1.165) is 17.6 Å². The largest absolute Gasteiger partial charge is 0.468 e. The lowest BCUT2D eigenvalue weighted by molar-refractivity contribution is 0.212. The molecule has 0 aromatic carbocycles. The van der Waals surface area contributed by atoms with Crippen molar-refractivity contribution >= 4 is 0 Å². The first-order chi connectivity index (χ1) is 7.31. The van der Waals surface area contributed by atoms with Crippen LogP contribution in [-0.4, -0.2) is 7.05 Å². The second-order valence-electron chi connectivity index (χ2n) is 4.81. The van der Waals surface area contributed by atoms with E-state index in [-0.39, 0.29) is 0 Å². The van der Waals surface area contributed by atoms with Gasteiger partial charge >= 0.3 is 0 Å². The molecule has 0 bridgehead atoms. The highest BCUT2D eigenvalue weighted by Gasteiger charge is 2.28. The zero-order chi connectivity index (χ0) is 10.7. The molecule has 2 rings (SSSR count). The van der Waals surface area contributed by atoms with E-state index in [1.165, 1.54) is 25.7 Å². The smallest absolute Gasteiger partial charge is 0.120 e. The van der Waals surface area contributed by atoms with Crippen molar-refractivity contribution in [3.8, 4) is 0 Å². The molecule has 0 amide bonds. The van der Waals surface area contributed by atoms with E-state index in [2.05, 4.69) is 18.3 Å². The Kier molecular flexibility index (Phi) is 3.47. The summed E-state index contributed by atoms with van der Waals surface area (Å²) in [4.78, 5) is 0. The molecular formula is C13H21NO. The van der Waals surface area contributed by atoms with Gasteiger partial charge in [-0.1, -0.05) is 19.8 Å². The number of furan rings is 1. The predicted octanol–water partition coefficient (Wildman–Crippen LogP) is 3.37. The third-order valence-corrected chi connectivity index (χ3v) is 3.61. The van der Waals surface area contributed by atoms with Crippen LogP contribution in [0.5, 0.6) is 0 Å². The average Bonchev–Trinajstić information content (AvgIpc) is 2.72. The van der Waals surface area contributed by atoms with E-state index in [1.807, 2.05) is 13.1 Å². The zero-order valence-electron chi connectivity index (χ0n) is 9.70. The lowest BCUT2D eigenvalue weighted by Gasteiger charge is -2.32. The second-order valence-corrected chi connectivity index (χ2v) is 4.81. The van der Waals surface area contributed by atoms with Crippen molar-refractivity contribution in [1.29, 1.82) is 0 Å². The molecule has 3 atom stereocenters. The minimum atomic E-state index is 0.405. The molecule has 2 heteroatoms. The van der Waals surface area contributed by atoms with Crippen molar-refractivity contribution in [3.05, 3.63) is 24.2 Å². The summed E-state index contributed by atoms with van der Waals surface area (Å²) in [5.41, 5.74) is 0. The minimum Gasteiger partial charge on any atom is -0.468 e. The first kappa shape index (κ1) is 10.7. The van der Waals surface area contributed by atoms with E-state index < -0.39 is 0 Å². The summed E-state index contributed by atoms with van der Waals surface area (Å²) in [6.45, 7) is 2.36. The summed E-state index contributed by atoms with van der Waals surface area (Å²) in [5.74, 6) is 2.70. The van der Waals surface area contributed by atoms with Crippen LogP contribution in [0, 0.1) is 11.8 Å². The van der Waals surface area contributed by atoms with Crippen molar-refractivity contribution in [2.75, 3.05) is 7.05 Å². The van der Waals surface area contributed by atoms with Crippen molar-refractivity contribution in [1.82, 2.24) is 5.32 Å². The maximum absolute atomic E-state index is 5.51. The van der Waals surface area contributed by atoms with E-state index >= 15 is 0 Å². The second kappa shape index (κ2) is 4.84. The van der Waals surface area contributed by atoms with Crippen LogP contribution in [0.3, 0.4) is 0 Å². The van der Waals surface area contributed by atoms with Crippen LogP contribution in [0.25, 0.3) is 0 Å². The van der Waals surface area contributed by atoms with Gasteiger partial charge in [0.05, 0.1) is 12.3 Å². The topological polar surface area (TPSA) is 25.2 Å². The van der Waals surface area contributed by atoms with Crippen molar-refractivity contribution in [2.45, 2.75) is 38.6 Å². The quantitative estimate of drug-likeness (QED) is 0.822. The average molecular weight is 207 g/mol. The van der Waals surface area contributed by atoms with Gasteiger partial charge in [0.25, 0.3) is 0 Å². The Labute approximate surface area is 92.1 Å². The zero-order valence-corrected chi connectivity index (χ0v) is 9.70. The van der Waals surface area contributed by atoms with Gasteiger partial charge in [-0.05, 0) is 43.9 Å². The van der Waals surface area contributed by atoms with Crippen LogP contribution in [-0.2, 0) is 0 Å². The summed E-state index contributed by atoms with van der Waals surface area (Å²) in [6, 6.07) is 4.47. The Morgan fingerprint density at radius 1 is 1.47 bits per heavy atom. The summed E-state index contributed by atoms with van der Waals surface area (Å²) < 4.78 is 5.51. The maximum atomic E-state index is 5.51. The van der Waals surface area contributed by atoms with E-state index in [0.29, 0.717) is 6.04 Å². The van der Waals surface area contributed by atoms with Crippen molar-refractivity contribution in [2.24, 2.45) is 11.8 Å². The molecule has 1 aliphatic rings. The summed E-state index contributed by atoms with van der Waals surface area (Å²) >= 11 is 0. The Morgan fingerprint density at radius 3 is 2.93 bits per heavy atom. The normalized spacial score (nSPS) is 28.9. The molecule has 1 aromatic heterocycles. The number of hydrogen-bond donors (Lipinski definition) is 1. The Morgan fingerprint density at radius 2 is 2.33 bits per heavy atom. The summed E-state index contributed by atoms with van der Waals surface area (Å²) in [5, 5.41) is 3.40. The molecule has 0 saturated heterocycles. The molecule has 3 unspecified atom stereocenters. The van der Waals surface area contributed by atoms with Crippen LogP contribution >= 0.6 is 0 Å². The molecule has 1 fully saturated rings. The molecule has 1 aromatic rings. The molecule has 84 valence electrons. The Bertz CT molecular complexity index is 281. The lowest BCUT2D eigenvalue weighted by Crippen LogP contribution is -2.28. The highest BCUT2D eigenvalue weighted by molar-refractivity contribution is 5.06. The molecule has 1 saturated carbocycles. The summed E-state index contributed by atoms with van der Waals surface area (Å²) in [7, 11) is 2.03. The highest BCUT2D eigenvalue weighted by Crippen LogP contribution is 2.36. The van der Waals surface area contributed by atoms with Crippen molar-refractivity contribution in [3.63, 3.8) is 0 Å². The van der Waals surface area contributed by atoms with Gasteiger partial charge in [-0.15, -0.1) is 0 Å². The third kappa shape index (κ3) is 2.43. The van der Waals surface area contributed by atoms with E-state index in [9.17, 15) is 0 Å². The predicted molar refractivity (Wildman–Crippen MR) is 61.6 cm³/mol. The van der Waals surface area contributed by atoms with Crippen LogP contribution in [0.15, 0.2) is 22.8 Å². The fraction of sp³-hybridized carbons (Fsp3) is 0.692. The van der Waals surface area contributed by atoms with Gasteiger partial charge in [-0.25, -0.2) is 0 Å². The lowest BCUT2D eigenvalue weighted by atomic mass is 9.78. The van der Waals surface area contributed by atoms with Gasteiger partial charge < -0.3 is 9.73 Å². The van der Waals surface area contributed by atoms with Crippen LogP contribution in [0.4, 0.5) is 0 Å². The third-order valence-electron chi connectivity index (χ3n) is 3.61. The minimum absolute atomic E-state index is 0.405. The fourth-order valence-electron chi connectivity index (χ4n) is 2.86. The van der Waals surface area contributed by atoms with Crippen LogP contribution in [0.2, 0.25) is 0 Å². The molecule has 1 heterocycles. The fourth-order valence-corrected chi connectivity index (χ4v) is 2.86. The Hall–Kier alpha value is -0.760. The molecular weight excluding hydrogens is 186 g/mol. The first-order valence-corrected chi connectivity index (χ1v) is 6.02. The molecule has 1 aliphatic carbocycles. The molecule has 1 N–H and O–H groups in total. The monoisotopic (exact) mass is 207 g/mol. The molecule has 0 radical (unpaired) electrons. The van der Waals surface area contributed by atoms with E-state index in [1.54, 1.807) is 6.26 Å². The molecule has 15 heavy (non-hydrogen) atoms. The van der Waals surface area contributed by atoms with Gasteiger partial charge in [0.15, 0.2) is 0 Å².